The molecule has 2 rings (SSSR count). The molecule has 5 heteroatoms. The second-order valence-electron chi connectivity index (χ2n) is 4.90. The molecular weight excluding hydrogens is 283 g/mol. The van der Waals surface area contributed by atoms with Crippen LogP contribution < -0.4 is 5.73 Å². The van der Waals surface area contributed by atoms with Gasteiger partial charge in [-0.05, 0) is 43.5 Å². The lowest BCUT2D eigenvalue weighted by Gasteiger charge is -2.12. The van der Waals surface area contributed by atoms with Crippen LogP contribution in [0.25, 0.3) is 0 Å². The summed E-state index contributed by atoms with van der Waals surface area (Å²) in [5.74, 6) is 0. The van der Waals surface area contributed by atoms with E-state index in [1.165, 1.54) is 22.6 Å². The minimum Gasteiger partial charge on any atom is -0.323 e. The molecule has 1 heterocycles. The van der Waals surface area contributed by atoms with Crippen molar-refractivity contribution in [1.29, 1.82) is 0 Å². The van der Waals surface area contributed by atoms with Crippen LogP contribution in [0.5, 0.6) is 0 Å². The maximum atomic E-state index is 12.7. The third-order valence-corrected chi connectivity index (χ3v) is 4.54. The Morgan fingerprint density at radius 2 is 1.90 bits per heavy atom. The third kappa shape index (κ3) is 3.41. The molecule has 1 nitrogen and oxygen atoms in total. The Balaban J connectivity index is 2.17. The van der Waals surface area contributed by atoms with E-state index in [4.69, 9.17) is 5.73 Å². The average Bonchev–Trinajstić information content (AvgIpc) is 2.69. The van der Waals surface area contributed by atoms with Crippen LogP contribution in [0.15, 0.2) is 30.3 Å². The number of benzene rings is 1. The molecule has 108 valence electrons. The second-order valence-corrected chi connectivity index (χ2v) is 6.18. The van der Waals surface area contributed by atoms with Gasteiger partial charge in [0.25, 0.3) is 0 Å². The lowest BCUT2D eigenvalue weighted by molar-refractivity contribution is -0.137. The number of rotatable bonds is 3. The van der Waals surface area contributed by atoms with Gasteiger partial charge in [0.2, 0.25) is 0 Å². The van der Waals surface area contributed by atoms with Crippen molar-refractivity contribution in [2.24, 2.45) is 5.73 Å². The first-order chi connectivity index (χ1) is 9.27. The molecule has 1 aromatic carbocycles. The summed E-state index contributed by atoms with van der Waals surface area (Å²) in [6.07, 6.45) is -3.90. The lowest BCUT2D eigenvalue weighted by Crippen LogP contribution is -2.13. The monoisotopic (exact) mass is 299 g/mol. The Labute approximate surface area is 120 Å². The summed E-state index contributed by atoms with van der Waals surface area (Å²) in [4.78, 5) is 2.21. The fourth-order valence-electron chi connectivity index (χ4n) is 2.01. The largest absolute Gasteiger partial charge is 0.416 e. The molecule has 0 saturated heterocycles. The van der Waals surface area contributed by atoms with Crippen molar-refractivity contribution in [2.45, 2.75) is 32.5 Å². The number of alkyl halides is 3. The minimum absolute atomic E-state index is 0.268. The van der Waals surface area contributed by atoms with Crippen molar-refractivity contribution in [3.63, 3.8) is 0 Å². The van der Waals surface area contributed by atoms with Crippen molar-refractivity contribution in [3.05, 3.63) is 56.8 Å². The highest BCUT2D eigenvalue weighted by molar-refractivity contribution is 7.12. The molecule has 1 aromatic heterocycles. The summed E-state index contributed by atoms with van der Waals surface area (Å²) in [7, 11) is 0. The number of hydrogen-bond donors (Lipinski definition) is 1. The minimum atomic E-state index is -4.31. The molecule has 1 unspecified atom stereocenters. The number of thiophene rings is 1. The van der Waals surface area contributed by atoms with Gasteiger partial charge in [0.1, 0.15) is 0 Å². The van der Waals surface area contributed by atoms with E-state index in [0.717, 1.165) is 10.9 Å². The van der Waals surface area contributed by atoms with Crippen LogP contribution >= 0.6 is 11.3 Å². The highest BCUT2D eigenvalue weighted by Gasteiger charge is 2.30. The van der Waals surface area contributed by atoms with E-state index in [1.807, 2.05) is 19.9 Å². The predicted octanol–water partition coefficient (Wildman–Crippen LogP) is 4.63. The summed E-state index contributed by atoms with van der Waals surface area (Å²) < 4.78 is 38.0. The van der Waals surface area contributed by atoms with Crippen molar-refractivity contribution >= 4 is 11.3 Å². The zero-order valence-electron chi connectivity index (χ0n) is 11.3. The molecule has 0 spiro atoms. The van der Waals surface area contributed by atoms with Crippen molar-refractivity contribution in [3.8, 4) is 0 Å². The fraction of sp³-hybridized carbons (Fsp3) is 0.333. The van der Waals surface area contributed by atoms with Gasteiger partial charge in [-0.1, -0.05) is 18.2 Å². The second kappa shape index (κ2) is 5.58. The van der Waals surface area contributed by atoms with E-state index < -0.39 is 11.7 Å². The van der Waals surface area contributed by atoms with Crippen LogP contribution in [-0.2, 0) is 12.6 Å². The predicted molar refractivity (Wildman–Crippen MR) is 75.9 cm³/mol. The van der Waals surface area contributed by atoms with Gasteiger partial charge in [-0.3, -0.25) is 0 Å². The molecule has 1 atom stereocenters. The molecule has 0 amide bonds. The van der Waals surface area contributed by atoms with E-state index in [1.54, 1.807) is 17.4 Å². The highest BCUT2D eigenvalue weighted by Crippen LogP contribution is 2.31. The molecule has 0 aliphatic carbocycles. The van der Waals surface area contributed by atoms with Crippen molar-refractivity contribution in [2.75, 3.05) is 0 Å². The maximum absolute atomic E-state index is 12.7. The van der Waals surface area contributed by atoms with Crippen LogP contribution in [-0.4, -0.2) is 0 Å². The summed E-state index contributed by atoms with van der Waals surface area (Å²) in [6, 6.07) is 7.11. The molecule has 0 fully saturated rings. The standard InChI is InChI=1S/C15H16F3NS/c1-9-6-14(20-10(9)2)13(19)8-11-4-3-5-12(7-11)15(16,17)18/h3-7,13H,8,19H2,1-2H3. The van der Waals surface area contributed by atoms with Gasteiger partial charge in [0.15, 0.2) is 0 Å². The fourth-order valence-corrected chi connectivity index (χ4v) is 3.06. The molecule has 0 saturated carbocycles. The van der Waals surface area contributed by atoms with Gasteiger partial charge in [-0.25, -0.2) is 0 Å². The molecule has 2 aromatic rings. The van der Waals surface area contributed by atoms with Gasteiger partial charge >= 0.3 is 6.18 Å². The van der Waals surface area contributed by atoms with Crippen LogP contribution in [0.4, 0.5) is 13.2 Å². The SMILES string of the molecule is Cc1cc(C(N)Cc2cccc(C(F)(F)F)c2)sc1C. The first kappa shape index (κ1) is 15.1. The smallest absolute Gasteiger partial charge is 0.323 e. The van der Waals surface area contributed by atoms with Gasteiger partial charge in [0.05, 0.1) is 5.56 Å². The number of nitrogens with two attached hydrogens (primary N) is 1. The molecule has 20 heavy (non-hydrogen) atoms. The number of halogens is 3. The zero-order valence-corrected chi connectivity index (χ0v) is 12.1. The number of aryl methyl sites for hydroxylation is 2. The third-order valence-electron chi connectivity index (χ3n) is 3.26. The van der Waals surface area contributed by atoms with Gasteiger partial charge < -0.3 is 5.73 Å². The number of hydrogen-bond acceptors (Lipinski definition) is 2. The molecule has 0 aliphatic heterocycles. The molecule has 0 aliphatic rings. The van der Waals surface area contributed by atoms with E-state index in [-0.39, 0.29) is 6.04 Å². The quantitative estimate of drug-likeness (QED) is 0.879. The Morgan fingerprint density at radius 3 is 2.45 bits per heavy atom. The Bertz CT molecular complexity index is 582. The van der Waals surface area contributed by atoms with E-state index in [9.17, 15) is 13.2 Å². The van der Waals surface area contributed by atoms with Gasteiger partial charge in [-0.2, -0.15) is 13.2 Å². The van der Waals surface area contributed by atoms with Gasteiger partial charge in [-0.15, -0.1) is 11.3 Å². The average molecular weight is 299 g/mol. The van der Waals surface area contributed by atoms with Crippen LogP contribution in [0.2, 0.25) is 0 Å². The normalized spacial score (nSPS) is 13.5. The topological polar surface area (TPSA) is 26.0 Å². The summed E-state index contributed by atoms with van der Waals surface area (Å²) in [6.45, 7) is 4.02. The molecule has 2 N–H and O–H groups in total. The highest BCUT2D eigenvalue weighted by atomic mass is 32.1. The van der Waals surface area contributed by atoms with E-state index in [0.29, 0.717) is 12.0 Å². The Morgan fingerprint density at radius 1 is 1.20 bits per heavy atom. The zero-order chi connectivity index (χ0) is 14.9. The molecule has 0 bridgehead atoms. The summed E-state index contributed by atoms with van der Waals surface area (Å²) >= 11 is 1.60. The first-order valence-corrected chi connectivity index (χ1v) is 7.07. The van der Waals surface area contributed by atoms with Gasteiger partial charge in [0, 0.05) is 15.8 Å². The van der Waals surface area contributed by atoms with Crippen molar-refractivity contribution in [1.82, 2.24) is 0 Å². The first-order valence-electron chi connectivity index (χ1n) is 6.26. The Kier molecular flexibility index (Phi) is 4.20. The lowest BCUT2D eigenvalue weighted by atomic mass is 10.0. The Hall–Kier alpha value is -1.33. The van der Waals surface area contributed by atoms with Crippen LogP contribution in [0.1, 0.15) is 32.5 Å². The van der Waals surface area contributed by atoms with Crippen molar-refractivity contribution < 1.29 is 13.2 Å². The molecular formula is C15H16F3NS. The van der Waals surface area contributed by atoms with E-state index in [2.05, 4.69) is 0 Å². The van der Waals surface area contributed by atoms with Crippen LogP contribution in [0.3, 0.4) is 0 Å². The molecule has 0 radical (unpaired) electrons. The maximum Gasteiger partial charge on any atom is 0.416 e. The van der Waals surface area contributed by atoms with E-state index >= 15 is 0 Å². The van der Waals surface area contributed by atoms with Crippen LogP contribution in [0, 0.1) is 13.8 Å². The summed E-state index contributed by atoms with van der Waals surface area (Å²) in [5, 5.41) is 0. The summed E-state index contributed by atoms with van der Waals surface area (Å²) in [5.41, 5.74) is 7.25.